The quantitative estimate of drug-likeness (QED) is 0.722. The van der Waals surface area contributed by atoms with Gasteiger partial charge in [-0.2, -0.15) is 0 Å². The molecular weight excluding hydrogens is 266 g/mol. The van der Waals surface area contributed by atoms with E-state index in [1.165, 1.54) is 49.8 Å². The normalized spacial score (nSPS) is 26.0. The fraction of sp³-hybridized carbons (Fsp3) is 0.765. The number of rotatable bonds is 2. The minimum Gasteiger partial charge on any atom is -0.447 e. The van der Waals surface area contributed by atoms with Crippen molar-refractivity contribution in [3.05, 3.63) is 12.2 Å². The number of hydrogen-bond acceptors (Lipinski definition) is 3. The number of hydrogen-bond donors (Lipinski definition) is 0. The molecule has 118 valence electrons. The topological polar surface area (TPSA) is 46.6 Å². The van der Waals surface area contributed by atoms with Crippen molar-refractivity contribution in [2.24, 2.45) is 5.92 Å². The first kappa shape index (κ1) is 16.1. The average molecular weight is 293 g/mol. The van der Waals surface area contributed by atoms with Gasteiger partial charge >= 0.3 is 6.09 Å². The van der Waals surface area contributed by atoms with Crippen LogP contribution in [0.15, 0.2) is 12.2 Å². The van der Waals surface area contributed by atoms with Gasteiger partial charge in [0.15, 0.2) is 0 Å². The van der Waals surface area contributed by atoms with Crippen LogP contribution in [-0.4, -0.2) is 29.5 Å². The summed E-state index contributed by atoms with van der Waals surface area (Å²) in [5, 5.41) is 0. The fourth-order valence-electron chi connectivity index (χ4n) is 3.16. The summed E-state index contributed by atoms with van der Waals surface area (Å²) in [5.74, 6) is 0.239. The number of amides is 2. The summed E-state index contributed by atoms with van der Waals surface area (Å²) in [5.41, 5.74) is 0. The van der Waals surface area contributed by atoms with Crippen molar-refractivity contribution in [3.63, 3.8) is 0 Å². The molecule has 2 amide bonds. The van der Waals surface area contributed by atoms with Gasteiger partial charge in [-0.1, -0.05) is 51.0 Å². The second-order valence-corrected chi connectivity index (χ2v) is 6.31. The summed E-state index contributed by atoms with van der Waals surface area (Å²) in [6.07, 6.45) is 14.5. The van der Waals surface area contributed by atoms with E-state index >= 15 is 0 Å². The van der Waals surface area contributed by atoms with Gasteiger partial charge in [-0.25, -0.2) is 9.69 Å². The zero-order chi connectivity index (χ0) is 15.1. The highest BCUT2D eigenvalue weighted by Gasteiger charge is 2.33. The molecule has 1 unspecified atom stereocenters. The molecule has 2 rings (SSSR count). The Hall–Kier alpha value is -1.32. The molecule has 1 saturated heterocycles. The van der Waals surface area contributed by atoms with Gasteiger partial charge in [0.25, 0.3) is 5.91 Å². The molecule has 0 radical (unpaired) electrons. The summed E-state index contributed by atoms with van der Waals surface area (Å²) in [6, 6.07) is -0.154. The fourth-order valence-corrected chi connectivity index (χ4v) is 3.16. The molecular formula is C17H27NO3. The molecule has 1 atom stereocenters. The molecule has 0 bridgehead atoms. The largest absolute Gasteiger partial charge is 0.447 e. The standard InChI is InChI=1S/C17H27NO3/c1-14-13-21-17(20)18(14)16(19)12-11-15-9-7-5-3-2-4-6-8-10-15/h11-12,14-15H,2-10,13H2,1H3. The maximum Gasteiger partial charge on any atom is 0.417 e. The minimum absolute atomic E-state index is 0.154. The van der Waals surface area contributed by atoms with E-state index in [1.54, 1.807) is 6.08 Å². The number of allylic oxidation sites excluding steroid dienone is 1. The van der Waals surface area contributed by atoms with E-state index in [4.69, 9.17) is 4.74 Å². The monoisotopic (exact) mass is 293 g/mol. The first-order valence-electron chi connectivity index (χ1n) is 8.36. The van der Waals surface area contributed by atoms with Gasteiger partial charge in [0.1, 0.15) is 6.61 Å². The van der Waals surface area contributed by atoms with Gasteiger partial charge in [0, 0.05) is 0 Å². The molecule has 0 spiro atoms. The molecule has 0 aromatic carbocycles. The number of nitrogens with zero attached hydrogens (tertiary/aromatic N) is 1. The highest BCUT2D eigenvalue weighted by Crippen LogP contribution is 2.22. The lowest BCUT2D eigenvalue weighted by atomic mass is 9.92. The third-order valence-electron chi connectivity index (χ3n) is 4.48. The van der Waals surface area contributed by atoms with E-state index in [0.29, 0.717) is 12.5 Å². The molecule has 1 saturated carbocycles. The first-order chi connectivity index (χ1) is 10.2. The van der Waals surface area contributed by atoms with Gasteiger partial charge in [0.05, 0.1) is 6.04 Å². The highest BCUT2D eigenvalue weighted by molar-refractivity contribution is 5.99. The second kappa shape index (κ2) is 8.20. The van der Waals surface area contributed by atoms with Crippen molar-refractivity contribution < 1.29 is 14.3 Å². The van der Waals surface area contributed by atoms with Crippen LogP contribution in [0.5, 0.6) is 0 Å². The van der Waals surface area contributed by atoms with Crippen molar-refractivity contribution in [2.45, 2.75) is 70.8 Å². The van der Waals surface area contributed by atoms with Gasteiger partial charge in [-0.05, 0) is 31.8 Å². The van der Waals surface area contributed by atoms with Crippen LogP contribution in [0.1, 0.15) is 64.7 Å². The van der Waals surface area contributed by atoms with Crippen LogP contribution < -0.4 is 0 Å². The van der Waals surface area contributed by atoms with E-state index in [-0.39, 0.29) is 11.9 Å². The highest BCUT2D eigenvalue weighted by atomic mass is 16.6. The Kier molecular flexibility index (Phi) is 6.27. The van der Waals surface area contributed by atoms with Gasteiger partial charge < -0.3 is 4.74 Å². The predicted octanol–water partition coefficient (Wildman–Crippen LogP) is 4.05. The molecule has 0 N–H and O–H groups in total. The molecule has 4 heteroatoms. The molecule has 1 aliphatic carbocycles. The first-order valence-corrected chi connectivity index (χ1v) is 8.36. The van der Waals surface area contributed by atoms with Gasteiger partial charge in [0.2, 0.25) is 0 Å². The lowest BCUT2D eigenvalue weighted by Crippen LogP contribution is -2.36. The van der Waals surface area contributed by atoms with Crippen molar-refractivity contribution >= 4 is 12.0 Å². The van der Waals surface area contributed by atoms with Gasteiger partial charge in [-0.3, -0.25) is 4.79 Å². The number of imide groups is 1. The van der Waals surface area contributed by atoms with Crippen molar-refractivity contribution in [1.82, 2.24) is 4.90 Å². The zero-order valence-corrected chi connectivity index (χ0v) is 13.1. The van der Waals surface area contributed by atoms with E-state index in [2.05, 4.69) is 0 Å². The van der Waals surface area contributed by atoms with Crippen LogP contribution >= 0.6 is 0 Å². The molecule has 1 aliphatic heterocycles. The maximum absolute atomic E-state index is 12.1. The number of carbonyl (C=O) groups excluding carboxylic acids is 2. The van der Waals surface area contributed by atoms with Crippen LogP contribution in [0, 0.1) is 5.92 Å². The molecule has 4 nitrogen and oxygen atoms in total. The Morgan fingerprint density at radius 2 is 1.67 bits per heavy atom. The van der Waals surface area contributed by atoms with Crippen LogP contribution in [0.25, 0.3) is 0 Å². The SMILES string of the molecule is CC1COC(=O)N1C(=O)C=CC1CCCCCCCCC1. The van der Waals surface area contributed by atoms with Crippen molar-refractivity contribution in [3.8, 4) is 0 Å². The van der Waals surface area contributed by atoms with Crippen molar-refractivity contribution in [1.29, 1.82) is 0 Å². The number of ether oxygens (including phenoxy) is 1. The third-order valence-corrected chi connectivity index (χ3v) is 4.48. The Morgan fingerprint density at radius 3 is 2.19 bits per heavy atom. The molecule has 2 aliphatic rings. The summed E-state index contributed by atoms with van der Waals surface area (Å²) in [4.78, 5) is 24.9. The molecule has 0 aromatic heterocycles. The van der Waals surface area contributed by atoms with Crippen molar-refractivity contribution in [2.75, 3.05) is 6.61 Å². The lowest BCUT2D eigenvalue weighted by Gasteiger charge is -2.16. The van der Waals surface area contributed by atoms with E-state index in [1.807, 2.05) is 13.0 Å². The average Bonchev–Trinajstić information content (AvgIpc) is 2.82. The third kappa shape index (κ3) is 4.87. The molecule has 0 aromatic rings. The molecule has 21 heavy (non-hydrogen) atoms. The molecule has 1 heterocycles. The summed E-state index contributed by atoms with van der Waals surface area (Å²) in [7, 11) is 0. The maximum atomic E-state index is 12.1. The number of carbonyl (C=O) groups is 2. The molecule has 2 fully saturated rings. The lowest BCUT2D eigenvalue weighted by molar-refractivity contribution is -0.123. The van der Waals surface area contributed by atoms with Crippen LogP contribution in [-0.2, 0) is 9.53 Å². The van der Waals surface area contributed by atoms with Crippen LogP contribution in [0.4, 0.5) is 4.79 Å². The predicted molar refractivity (Wildman–Crippen MR) is 81.8 cm³/mol. The smallest absolute Gasteiger partial charge is 0.417 e. The zero-order valence-electron chi connectivity index (χ0n) is 13.1. The minimum atomic E-state index is -0.511. The Bertz CT molecular complexity index is 381. The second-order valence-electron chi connectivity index (χ2n) is 6.31. The van der Waals surface area contributed by atoms with E-state index in [9.17, 15) is 9.59 Å². The number of cyclic esters (lactones) is 1. The van der Waals surface area contributed by atoms with Crippen LogP contribution in [0.3, 0.4) is 0 Å². The summed E-state index contributed by atoms with van der Waals surface area (Å²) >= 11 is 0. The Morgan fingerprint density at radius 1 is 1.10 bits per heavy atom. The summed E-state index contributed by atoms with van der Waals surface area (Å²) in [6.45, 7) is 2.14. The van der Waals surface area contributed by atoms with E-state index in [0.717, 1.165) is 12.8 Å². The Labute approximate surface area is 127 Å². The van der Waals surface area contributed by atoms with E-state index < -0.39 is 6.09 Å². The van der Waals surface area contributed by atoms with Crippen LogP contribution in [0.2, 0.25) is 0 Å². The Balaban J connectivity index is 1.87. The van der Waals surface area contributed by atoms with Gasteiger partial charge in [-0.15, -0.1) is 0 Å². The summed E-state index contributed by atoms with van der Waals surface area (Å²) < 4.78 is 4.89.